The summed E-state index contributed by atoms with van der Waals surface area (Å²) in [6, 6.07) is 8.69. The number of aromatic nitrogens is 1. The summed E-state index contributed by atoms with van der Waals surface area (Å²) in [6.07, 6.45) is 3.67. The summed E-state index contributed by atoms with van der Waals surface area (Å²) in [5.74, 6) is 0.0421. The summed E-state index contributed by atoms with van der Waals surface area (Å²) < 4.78 is 2.49. The van der Waals surface area contributed by atoms with Gasteiger partial charge in [-0.2, -0.15) is 0 Å². The molecule has 2 aromatic rings. The molecule has 0 bridgehead atoms. The van der Waals surface area contributed by atoms with Crippen LogP contribution in [-0.4, -0.2) is 17.0 Å². The van der Waals surface area contributed by atoms with Crippen LogP contribution in [0.3, 0.4) is 0 Å². The largest absolute Gasteiger partial charge is 0.355 e. The molecule has 3 nitrogen and oxygen atoms in total. The molecule has 0 radical (unpaired) electrons. The van der Waals surface area contributed by atoms with Gasteiger partial charge in [0, 0.05) is 42.0 Å². The Balaban J connectivity index is 2.15. The topological polar surface area (TPSA) is 34.0 Å². The molecular formula is C18H24N2O. The Morgan fingerprint density at radius 3 is 2.81 bits per heavy atom. The fourth-order valence-corrected chi connectivity index (χ4v) is 3.62. The minimum Gasteiger partial charge on any atom is -0.355 e. The number of benzene rings is 1. The van der Waals surface area contributed by atoms with Crippen LogP contribution in [0.25, 0.3) is 10.9 Å². The van der Waals surface area contributed by atoms with E-state index < -0.39 is 0 Å². The highest BCUT2D eigenvalue weighted by atomic mass is 16.1. The number of carbonyl (C=O) groups excluding carboxylic acids is 1. The lowest BCUT2D eigenvalue weighted by molar-refractivity contribution is -0.119. The summed E-state index contributed by atoms with van der Waals surface area (Å²) in [7, 11) is 0. The molecule has 1 amide bonds. The number of rotatable bonds is 3. The van der Waals surface area contributed by atoms with Crippen molar-refractivity contribution in [2.45, 2.75) is 52.0 Å². The first-order valence-electron chi connectivity index (χ1n) is 7.86. The quantitative estimate of drug-likeness (QED) is 0.921. The summed E-state index contributed by atoms with van der Waals surface area (Å²) in [4.78, 5) is 11.3. The second-order valence-corrected chi connectivity index (χ2v) is 6.74. The lowest BCUT2D eigenvalue weighted by Gasteiger charge is -2.28. The van der Waals surface area contributed by atoms with Crippen molar-refractivity contribution in [1.29, 1.82) is 0 Å². The number of hydrogen-bond acceptors (Lipinski definition) is 1. The summed E-state index contributed by atoms with van der Waals surface area (Å²) >= 11 is 0. The minimum absolute atomic E-state index is 0.0421. The van der Waals surface area contributed by atoms with E-state index in [1.54, 1.807) is 6.92 Å². The van der Waals surface area contributed by atoms with E-state index in [0.717, 1.165) is 13.0 Å². The van der Waals surface area contributed by atoms with Gasteiger partial charge in [0.05, 0.1) is 0 Å². The number of aryl methyl sites for hydroxylation is 1. The molecule has 1 aromatic heterocycles. The highest BCUT2D eigenvalue weighted by Gasteiger charge is 2.30. The number of amides is 1. The van der Waals surface area contributed by atoms with E-state index in [2.05, 4.69) is 48.0 Å². The number of hydrogen-bond donors (Lipinski definition) is 1. The van der Waals surface area contributed by atoms with Crippen molar-refractivity contribution in [2.75, 3.05) is 6.54 Å². The van der Waals surface area contributed by atoms with Gasteiger partial charge < -0.3 is 9.88 Å². The van der Waals surface area contributed by atoms with Crippen LogP contribution in [-0.2, 0) is 23.2 Å². The zero-order valence-corrected chi connectivity index (χ0v) is 13.2. The average molecular weight is 284 g/mol. The van der Waals surface area contributed by atoms with Gasteiger partial charge in [0.2, 0.25) is 5.91 Å². The Hall–Kier alpha value is -1.77. The van der Waals surface area contributed by atoms with Crippen molar-refractivity contribution in [3.05, 3.63) is 35.5 Å². The van der Waals surface area contributed by atoms with E-state index in [-0.39, 0.29) is 11.3 Å². The van der Waals surface area contributed by atoms with Crippen LogP contribution in [0.4, 0.5) is 0 Å². The van der Waals surface area contributed by atoms with Gasteiger partial charge in [-0.1, -0.05) is 32.0 Å². The van der Waals surface area contributed by atoms with Crippen LogP contribution in [0.1, 0.15) is 44.9 Å². The van der Waals surface area contributed by atoms with Crippen molar-refractivity contribution in [3.63, 3.8) is 0 Å². The third kappa shape index (κ3) is 2.45. The third-order valence-electron chi connectivity index (χ3n) is 4.58. The van der Waals surface area contributed by atoms with Gasteiger partial charge >= 0.3 is 0 Å². The van der Waals surface area contributed by atoms with Gasteiger partial charge in [0.1, 0.15) is 0 Å². The van der Waals surface area contributed by atoms with Gasteiger partial charge in [-0.15, -0.1) is 0 Å². The third-order valence-corrected chi connectivity index (χ3v) is 4.58. The van der Waals surface area contributed by atoms with E-state index in [0.29, 0.717) is 6.54 Å². The monoisotopic (exact) mass is 284 g/mol. The van der Waals surface area contributed by atoms with Crippen molar-refractivity contribution in [2.24, 2.45) is 0 Å². The molecule has 0 saturated carbocycles. The molecule has 3 rings (SSSR count). The predicted octanol–water partition coefficient (Wildman–Crippen LogP) is 3.39. The van der Waals surface area contributed by atoms with E-state index in [1.165, 1.54) is 35.0 Å². The highest BCUT2D eigenvalue weighted by Crippen LogP contribution is 2.38. The molecule has 0 saturated heterocycles. The Kier molecular flexibility index (Phi) is 3.52. The van der Waals surface area contributed by atoms with E-state index in [4.69, 9.17) is 0 Å². The van der Waals surface area contributed by atoms with Gasteiger partial charge in [0.25, 0.3) is 0 Å². The van der Waals surface area contributed by atoms with E-state index in [9.17, 15) is 4.79 Å². The molecule has 2 heterocycles. The van der Waals surface area contributed by atoms with Gasteiger partial charge in [-0.3, -0.25) is 4.79 Å². The smallest absolute Gasteiger partial charge is 0.216 e. The molecule has 1 aliphatic heterocycles. The van der Waals surface area contributed by atoms with Gasteiger partial charge in [-0.25, -0.2) is 0 Å². The lowest BCUT2D eigenvalue weighted by atomic mass is 9.81. The van der Waals surface area contributed by atoms with Crippen molar-refractivity contribution in [3.8, 4) is 0 Å². The molecule has 0 atom stereocenters. The maximum atomic E-state index is 11.3. The number of nitrogens with one attached hydrogen (secondary N) is 1. The first kappa shape index (κ1) is 14.2. The standard InChI is InChI=1S/C18H24N2O/c1-13(21)19-12-18(2,3)17-14-8-4-5-9-15(14)20-11-7-6-10-16(17)20/h4-5,8-9H,6-7,10-12H2,1-3H3,(H,19,21). The summed E-state index contributed by atoms with van der Waals surface area (Å²) in [5, 5.41) is 4.35. The molecule has 21 heavy (non-hydrogen) atoms. The number of nitrogens with zero attached hydrogens (tertiary/aromatic N) is 1. The average Bonchev–Trinajstić information content (AvgIpc) is 2.80. The van der Waals surface area contributed by atoms with Gasteiger partial charge in [-0.05, 0) is 30.9 Å². The molecule has 0 spiro atoms. The fraction of sp³-hybridized carbons (Fsp3) is 0.500. The van der Waals surface area contributed by atoms with Crippen LogP contribution < -0.4 is 5.32 Å². The van der Waals surface area contributed by atoms with Crippen LogP contribution in [0.5, 0.6) is 0 Å². The predicted molar refractivity (Wildman–Crippen MR) is 86.6 cm³/mol. The first-order chi connectivity index (χ1) is 10.0. The van der Waals surface area contributed by atoms with Crippen molar-refractivity contribution >= 4 is 16.8 Å². The molecule has 0 unspecified atom stereocenters. The van der Waals surface area contributed by atoms with E-state index in [1.807, 2.05) is 0 Å². The lowest BCUT2D eigenvalue weighted by Crippen LogP contribution is -2.36. The van der Waals surface area contributed by atoms with Crippen molar-refractivity contribution < 1.29 is 4.79 Å². The molecule has 112 valence electrons. The molecule has 1 aromatic carbocycles. The molecule has 1 N–H and O–H groups in total. The summed E-state index contributed by atoms with van der Waals surface area (Å²) in [6.45, 7) is 7.86. The van der Waals surface area contributed by atoms with Crippen molar-refractivity contribution in [1.82, 2.24) is 9.88 Å². The van der Waals surface area contributed by atoms with Crippen LogP contribution >= 0.6 is 0 Å². The second kappa shape index (κ2) is 5.21. The van der Waals surface area contributed by atoms with E-state index >= 15 is 0 Å². The van der Waals surface area contributed by atoms with Crippen LogP contribution in [0.15, 0.2) is 24.3 Å². The normalized spacial score (nSPS) is 15.0. The Bertz CT molecular complexity index is 682. The minimum atomic E-state index is -0.0524. The highest BCUT2D eigenvalue weighted by molar-refractivity contribution is 5.87. The number of fused-ring (bicyclic) bond motifs is 3. The Morgan fingerprint density at radius 2 is 2.05 bits per heavy atom. The zero-order valence-electron chi connectivity index (χ0n) is 13.2. The molecule has 3 heteroatoms. The Labute approximate surface area is 126 Å². The number of para-hydroxylation sites is 1. The molecule has 0 aliphatic carbocycles. The molecule has 0 fully saturated rings. The molecular weight excluding hydrogens is 260 g/mol. The van der Waals surface area contributed by atoms with Crippen LogP contribution in [0.2, 0.25) is 0 Å². The second-order valence-electron chi connectivity index (χ2n) is 6.74. The SMILES string of the molecule is CC(=O)NCC(C)(C)c1c2n(c3ccccc13)CCCC2. The maximum Gasteiger partial charge on any atom is 0.216 e. The zero-order chi connectivity index (χ0) is 15.0. The maximum absolute atomic E-state index is 11.3. The van der Waals surface area contributed by atoms with Crippen LogP contribution in [0, 0.1) is 0 Å². The first-order valence-corrected chi connectivity index (χ1v) is 7.86. The fourth-order valence-electron chi connectivity index (χ4n) is 3.62. The molecule has 1 aliphatic rings. The number of carbonyl (C=O) groups is 1. The van der Waals surface area contributed by atoms with Gasteiger partial charge in [0.15, 0.2) is 0 Å². The Morgan fingerprint density at radius 1 is 1.29 bits per heavy atom. The summed E-state index contributed by atoms with van der Waals surface area (Å²) in [5.41, 5.74) is 4.19.